The lowest BCUT2D eigenvalue weighted by Crippen LogP contribution is -2.43. The van der Waals surface area contributed by atoms with Crippen LogP contribution in [0.2, 0.25) is 0 Å². The number of hydrogen-bond donors (Lipinski definition) is 1. The highest BCUT2D eigenvalue weighted by molar-refractivity contribution is 9.10. The van der Waals surface area contributed by atoms with Gasteiger partial charge in [0.25, 0.3) is 15.0 Å². The van der Waals surface area contributed by atoms with Gasteiger partial charge >= 0.3 is 0 Å². The maximum Gasteiger partial charge on any atom is 0.287 e. The molecule has 0 aliphatic carbocycles. The first-order chi connectivity index (χ1) is 9.25. The van der Waals surface area contributed by atoms with E-state index in [0.717, 1.165) is 12.3 Å². The fourth-order valence-electron chi connectivity index (χ4n) is 1.14. The van der Waals surface area contributed by atoms with Gasteiger partial charge in [-0.05, 0) is 29.8 Å². The number of nitrogens with one attached hydrogen (secondary N) is 1. The van der Waals surface area contributed by atoms with Crippen LogP contribution in [0.5, 0.6) is 0 Å². The van der Waals surface area contributed by atoms with Gasteiger partial charge in [0.1, 0.15) is 4.90 Å². The second-order valence-electron chi connectivity index (χ2n) is 4.90. The summed E-state index contributed by atoms with van der Waals surface area (Å²) in [6, 6.07) is 0.954. The third kappa shape index (κ3) is 4.44. The van der Waals surface area contributed by atoms with Gasteiger partial charge in [-0.15, -0.1) is 0 Å². The Kier molecular flexibility index (Phi) is 5.19. The van der Waals surface area contributed by atoms with Gasteiger partial charge < -0.3 is 9.73 Å². The van der Waals surface area contributed by atoms with Crippen molar-refractivity contribution in [2.75, 3.05) is 12.8 Å². The number of hydrogen-bond acceptors (Lipinski definition) is 6. The van der Waals surface area contributed by atoms with Gasteiger partial charge in [-0.2, -0.15) is 0 Å². The smallest absolute Gasteiger partial charge is 0.287 e. The van der Waals surface area contributed by atoms with Crippen LogP contribution in [0.25, 0.3) is 0 Å². The molecule has 1 aromatic rings. The molecule has 7 nitrogen and oxygen atoms in total. The van der Waals surface area contributed by atoms with E-state index in [2.05, 4.69) is 21.2 Å². The van der Waals surface area contributed by atoms with E-state index >= 15 is 0 Å². The van der Waals surface area contributed by atoms with Crippen LogP contribution in [-0.4, -0.2) is 40.3 Å². The minimum Gasteiger partial charge on any atom is -0.443 e. The van der Waals surface area contributed by atoms with E-state index in [1.54, 1.807) is 0 Å². The lowest BCUT2D eigenvalue weighted by atomic mass is 10.2. The highest BCUT2D eigenvalue weighted by Gasteiger charge is 2.31. The lowest BCUT2D eigenvalue weighted by Gasteiger charge is -2.22. The molecule has 0 spiro atoms. The number of halogens is 2. The van der Waals surface area contributed by atoms with Crippen molar-refractivity contribution in [3.05, 3.63) is 16.5 Å². The van der Waals surface area contributed by atoms with Gasteiger partial charge in [0.2, 0.25) is 0 Å². The average Bonchev–Trinajstić information content (AvgIpc) is 2.66. The van der Waals surface area contributed by atoms with Crippen molar-refractivity contribution < 1.29 is 26.0 Å². The summed E-state index contributed by atoms with van der Waals surface area (Å²) in [5.41, 5.74) is 0. The molecule has 0 atom stereocenters. The number of amides is 1. The topological polar surface area (TPSA) is 111 Å². The Morgan fingerprint density at radius 3 is 2.29 bits per heavy atom. The minimum absolute atomic E-state index is 0.161. The van der Waals surface area contributed by atoms with Gasteiger partial charge in [0.05, 0.1) is 4.75 Å². The molecule has 1 aromatic heterocycles. The summed E-state index contributed by atoms with van der Waals surface area (Å²) in [7, 11) is -2.27. The van der Waals surface area contributed by atoms with Crippen LogP contribution in [0.15, 0.2) is 20.0 Å². The summed E-state index contributed by atoms with van der Waals surface area (Å²) in [6.45, 7) is 2.75. The first-order valence-corrected chi connectivity index (χ1v) is 10.5. The molecule has 1 amide bonds. The standard InChI is InChI=1S/C10H13BrClNO6S2/c1-10(2,20(3,15)16)5-13-9(14)6-4-7(8(11)19-6)21(12,17)18/h4H,5H2,1-3H3,(H,13,14). The second-order valence-corrected chi connectivity index (χ2v) is 10.8. The molecule has 1 rings (SSSR count). The second kappa shape index (κ2) is 5.90. The Hall–Kier alpha value is -0.580. The normalized spacial score (nSPS) is 13.2. The first kappa shape index (κ1) is 18.5. The number of sulfone groups is 1. The molecule has 0 fully saturated rings. The van der Waals surface area contributed by atoms with Crippen molar-refractivity contribution in [2.24, 2.45) is 0 Å². The molecule has 1 N–H and O–H groups in total. The van der Waals surface area contributed by atoms with Gasteiger partial charge in [-0.3, -0.25) is 4.79 Å². The van der Waals surface area contributed by atoms with Crippen LogP contribution in [0, 0.1) is 0 Å². The van der Waals surface area contributed by atoms with Crippen LogP contribution in [0.1, 0.15) is 24.4 Å². The van der Waals surface area contributed by atoms with Crippen LogP contribution in [-0.2, 0) is 18.9 Å². The molecule has 21 heavy (non-hydrogen) atoms. The molecular weight excluding hydrogens is 410 g/mol. The highest BCUT2D eigenvalue weighted by Crippen LogP contribution is 2.28. The summed E-state index contributed by atoms with van der Waals surface area (Å²) >= 11 is 2.84. The molecule has 0 aromatic carbocycles. The Morgan fingerprint density at radius 2 is 1.90 bits per heavy atom. The van der Waals surface area contributed by atoms with Crippen LogP contribution in [0.3, 0.4) is 0 Å². The van der Waals surface area contributed by atoms with Gasteiger partial charge in [-0.25, -0.2) is 16.8 Å². The van der Waals surface area contributed by atoms with Crippen molar-refractivity contribution in [3.63, 3.8) is 0 Å². The number of carbonyl (C=O) groups is 1. The van der Waals surface area contributed by atoms with Gasteiger partial charge in [-0.1, -0.05) is 0 Å². The average molecular weight is 423 g/mol. The molecule has 0 unspecified atom stereocenters. The monoisotopic (exact) mass is 421 g/mol. The van der Waals surface area contributed by atoms with E-state index in [9.17, 15) is 21.6 Å². The van der Waals surface area contributed by atoms with E-state index in [-0.39, 0.29) is 21.9 Å². The SMILES string of the molecule is CC(C)(CNC(=O)c1cc(S(=O)(=O)Cl)c(Br)o1)S(C)(=O)=O. The molecule has 0 saturated heterocycles. The summed E-state index contributed by atoms with van der Waals surface area (Å²) in [5, 5.41) is 2.37. The van der Waals surface area contributed by atoms with E-state index < -0.39 is 29.5 Å². The van der Waals surface area contributed by atoms with Gasteiger partial charge in [0, 0.05) is 29.5 Å². The molecule has 11 heteroatoms. The zero-order valence-electron chi connectivity index (χ0n) is 11.3. The largest absolute Gasteiger partial charge is 0.443 e. The quantitative estimate of drug-likeness (QED) is 0.720. The van der Waals surface area contributed by atoms with Crippen LogP contribution in [0.4, 0.5) is 0 Å². The third-order valence-electron chi connectivity index (χ3n) is 2.82. The van der Waals surface area contributed by atoms with Crippen molar-refractivity contribution in [2.45, 2.75) is 23.5 Å². The molecule has 0 radical (unpaired) electrons. The van der Waals surface area contributed by atoms with Crippen molar-refractivity contribution in [1.82, 2.24) is 5.32 Å². The van der Waals surface area contributed by atoms with E-state index in [0.29, 0.717) is 0 Å². The highest BCUT2D eigenvalue weighted by atomic mass is 79.9. The number of carbonyl (C=O) groups excluding carboxylic acids is 1. The molecular formula is C10H13BrClNO6S2. The molecule has 1 heterocycles. The molecule has 0 aliphatic heterocycles. The lowest BCUT2D eigenvalue weighted by molar-refractivity contribution is 0.0921. The number of furan rings is 1. The predicted molar refractivity (Wildman–Crippen MR) is 80.7 cm³/mol. The third-order valence-corrected chi connectivity index (χ3v) is 7.15. The van der Waals surface area contributed by atoms with Gasteiger partial charge in [0.15, 0.2) is 20.3 Å². The fourth-order valence-corrected chi connectivity index (χ4v) is 3.51. The van der Waals surface area contributed by atoms with Crippen LogP contribution < -0.4 is 5.32 Å². The Labute approximate surface area is 135 Å². The van der Waals surface area contributed by atoms with Crippen molar-refractivity contribution in [3.8, 4) is 0 Å². The summed E-state index contributed by atoms with van der Waals surface area (Å²) in [5.74, 6) is -1.05. The Morgan fingerprint density at radius 1 is 1.38 bits per heavy atom. The maximum atomic E-state index is 11.9. The zero-order valence-corrected chi connectivity index (χ0v) is 15.3. The summed E-state index contributed by atoms with van der Waals surface area (Å²) < 4.78 is 49.0. The van der Waals surface area contributed by atoms with Crippen molar-refractivity contribution in [1.29, 1.82) is 0 Å². The number of rotatable bonds is 5. The predicted octanol–water partition coefficient (Wildman–Crippen LogP) is 1.52. The molecule has 0 aliphatic rings. The van der Waals surface area contributed by atoms with E-state index in [1.807, 2.05) is 0 Å². The molecule has 120 valence electrons. The Bertz CT molecular complexity index is 765. The van der Waals surface area contributed by atoms with E-state index in [4.69, 9.17) is 15.1 Å². The van der Waals surface area contributed by atoms with E-state index in [1.165, 1.54) is 13.8 Å². The molecule has 0 saturated carbocycles. The molecule has 0 bridgehead atoms. The summed E-state index contributed by atoms with van der Waals surface area (Å²) in [4.78, 5) is 11.5. The Balaban J connectivity index is 2.93. The van der Waals surface area contributed by atoms with Crippen LogP contribution >= 0.6 is 26.6 Å². The van der Waals surface area contributed by atoms with Crippen molar-refractivity contribution >= 4 is 51.4 Å². The maximum absolute atomic E-state index is 11.9. The minimum atomic E-state index is -4.06. The fraction of sp³-hybridized carbons (Fsp3) is 0.500. The zero-order chi connectivity index (χ0) is 16.6. The summed E-state index contributed by atoms with van der Waals surface area (Å²) in [6.07, 6.45) is 1.06. The first-order valence-electron chi connectivity index (χ1n) is 5.47.